The standard InChI is InChI=1S/C6H12N/c1-6(5-7)3-2-4-6/h7H,2-5H2,1H3. The second-order valence-electron chi connectivity index (χ2n) is 2.84. The Kier molecular flexibility index (Phi) is 1.08. The first-order valence-corrected chi connectivity index (χ1v) is 2.91. The third kappa shape index (κ3) is 0.778. The predicted molar refractivity (Wildman–Crippen MR) is 29.9 cm³/mol. The minimum absolute atomic E-state index is 0.431. The summed E-state index contributed by atoms with van der Waals surface area (Å²) in [4.78, 5) is 0. The van der Waals surface area contributed by atoms with Gasteiger partial charge in [-0.15, -0.1) is 0 Å². The molecule has 1 nitrogen and oxygen atoms in total. The van der Waals surface area contributed by atoms with Crippen LogP contribution in [0.2, 0.25) is 0 Å². The van der Waals surface area contributed by atoms with Crippen LogP contribution in [0.3, 0.4) is 0 Å². The fourth-order valence-corrected chi connectivity index (χ4v) is 0.957. The van der Waals surface area contributed by atoms with Crippen molar-refractivity contribution in [3.05, 3.63) is 0 Å². The molecule has 0 aliphatic heterocycles. The average molecular weight is 98.2 g/mol. The molecule has 0 heterocycles. The van der Waals surface area contributed by atoms with Gasteiger partial charge in [0, 0.05) is 6.54 Å². The number of nitrogens with one attached hydrogen (secondary N) is 1. The molecule has 0 unspecified atom stereocenters. The summed E-state index contributed by atoms with van der Waals surface area (Å²) in [5, 5.41) is 0. The third-order valence-electron chi connectivity index (χ3n) is 1.99. The van der Waals surface area contributed by atoms with Gasteiger partial charge in [0.2, 0.25) is 0 Å². The van der Waals surface area contributed by atoms with Crippen molar-refractivity contribution in [2.45, 2.75) is 26.2 Å². The lowest BCUT2D eigenvalue weighted by Gasteiger charge is -2.36. The van der Waals surface area contributed by atoms with Gasteiger partial charge in [0.05, 0.1) is 0 Å². The second-order valence-corrected chi connectivity index (χ2v) is 2.84. The summed E-state index contributed by atoms with van der Waals surface area (Å²) in [7, 11) is 0. The first-order valence-electron chi connectivity index (χ1n) is 2.91. The Morgan fingerprint density at radius 2 is 2.14 bits per heavy atom. The first kappa shape index (κ1) is 5.10. The van der Waals surface area contributed by atoms with Crippen molar-refractivity contribution < 1.29 is 0 Å². The topological polar surface area (TPSA) is 23.8 Å². The zero-order valence-corrected chi connectivity index (χ0v) is 4.83. The molecular formula is C6H12N. The monoisotopic (exact) mass is 98.1 g/mol. The van der Waals surface area contributed by atoms with E-state index in [9.17, 15) is 0 Å². The fraction of sp³-hybridized carbons (Fsp3) is 1.00. The smallest absolute Gasteiger partial charge is 0.0154 e. The lowest BCUT2D eigenvalue weighted by molar-refractivity contribution is 0.170. The van der Waals surface area contributed by atoms with Crippen LogP contribution in [0.5, 0.6) is 0 Å². The van der Waals surface area contributed by atoms with Gasteiger partial charge in [-0.05, 0) is 18.3 Å². The summed E-state index contributed by atoms with van der Waals surface area (Å²) in [6.07, 6.45) is 3.93. The molecule has 0 spiro atoms. The largest absolute Gasteiger partial charge is 0.257 e. The molecule has 1 fully saturated rings. The Morgan fingerprint density at radius 3 is 2.14 bits per heavy atom. The molecule has 0 aromatic heterocycles. The van der Waals surface area contributed by atoms with Crippen molar-refractivity contribution in [2.24, 2.45) is 5.41 Å². The number of rotatable bonds is 1. The van der Waals surface area contributed by atoms with Crippen LogP contribution in [0.4, 0.5) is 0 Å². The van der Waals surface area contributed by atoms with Gasteiger partial charge in [0.15, 0.2) is 0 Å². The van der Waals surface area contributed by atoms with Gasteiger partial charge in [-0.2, -0.15) is 0 Å². The molecule has 1 saturated carbocycles. The van der Waals surface area contributed by atoms with Gasteiger partial charge in [0.1, 0.15) is 0 Å². The molecule has 0 aromatic carbocycles. The maximum atomic E-state index is 7.06. The average Bonchev–Trinajstić information content (AvgIpc) is 1.61. The maximum absolute atomic E-state index is 7.06. The van der Waals surface area contributed by atoms with Crippen molar-refractivity contribution in [2.75, 3.05) is 6.54 Å². The van der Waals surface area contributed by atoms with E-state index in [0.29, 0.717) is 12.0 Å². The molecule has 0 atom stereocenters. The number of hydrogen-bond acceptors (Lipinski definition) is 0. The van der Waals surface area contributed by atoms with Crippen molar-refractivity contribution in [3.63, 3.8) is 0 Å². The van der Waals surface area contributed by atoms with E-state index in [0.717, 1.165) is 0 Å². The fourth-order valence-electron chi connectivity index (χ4n) is 0.957. The molecule has 0 saturated heterocycles. The zero-order valence-electron chi connectivity index (χ0n) is 4.83. The second kappa shape index (κ2) is 1.48. The van der Waals surface area contributed by atoms with Crippen LogP contribution < -0.4 is 5.73 Å². The summed E-state index contributed by atoms with van der Waals surface area (Å²) in [5.41, 5.74) is 7.49. The lowest BCUT2D eigenvalue weighted by Crippen LogP contribution is -2.29. The highest BCUT2D eigenvalue weighted by Gasteiger charge is 2.29. The molecule has 1 aliphatic rings. The van der Waals surface area contributed by atoms with E-state index in [-0.39, 0.29) is 0 Å². The molecule has 0 amide bonds. The quantitative estimate of drug-likeness (QED) is 0.474. The Morgan fingerprint density at radius 1 is 1.57 bits per heavy atom. The molecule has 1 aliphatic carbocycles. The van der Waals surface area contributed by atoms with Crippen LogP contribution in [0.25, 0.3) is 0 Å². The molecule has 1 radical (unpaired) electrons. The normalized spacial score (nSPS) is 26.6. The minimum atomic E-state index is 0.431. The van der Waals surface area contributed by atoms with E-state index in [1.807, 2.05) is 0 Å². The Balaban J connectivity index is 2.29. The van der Waals surface area contributed by atoms with Crippen LogP contribution in [-0.4, -0.2) is 6.54 Å². The van der Waals surface area contributed by atoms with Gasteiger partial charge in [-0.25, -0.2) is 0 Å². The van der Waals surface area contributed by atoms with E-state index >= 15 is 0 Å². The van der Waals surface area contributed by atoms with Gasteiger partial charge >= 0.3 is 0 Å². The maximum Gasteiger partial charge on any atom is 0.0154 e. The lowest BCUT2D eigenvalue weighted by atomic mass is 9.71. The summed E-state index contributed by atoms with van der Waals surface area (Å²) in [6, 6.07) is 0. The number of hydrogen-bond donors (Lipinski definition) is 0. The summed E-state index contributed by atoms with van der Waals surface area (Å²) in [6.45, 7) is 2.83. The summed E-state index contributed by atoms with van der Waals surface area (Å²) in [5.74, 6) is 0. The highest BCUT2D eigenvalue weighted by atomic mass is 14.6. The van der Waals surface area contributed by atoms with Gasteiger partial charge in [-0.3, -0.25) is 5.73 Å². The van der Waals surface area contributed by atoms with Gasteiger partial charge < -0.3 is 0 Å². The third-order valence-corrected chi connectivity index (χ3v) is 1.99. The van der Waals surface area contributed by atoms with Crippen LogP contribution in [0.15, 0.2) is 0 Å². The van der Waals surface area contributed by atoms with E-state index in [1.54, 1.807) is 0 Å². The van der Waals surface area contributed by atoms with E-state index in [2.05, 4.69) is 6.92 Å². The Labute approximate surface area is 44.9 Å². The van der Waals surface area contributed by atoms with Crippen molar-refractivity contribution in [3.8, 4) is 0 Å². The molecular weight excluding hydrogens is 86.1 g/mol. The SMILES string of the molecule is CC1(C[NH])CCC1. The molecule has 1 heteroatoms. The van der Waals surface area contributed by atoms with Gasteiger partial charge in [0.25, 0.3) is 0 Å². The molecule has 1 rings (SSSR count). The molecule has 1 N–H and O–H groups in total. The van der Waals surface area contributed by atoms with Crippen molar-refractivity contribution in [1.82, 2.24) is 5.73 Å². The predicted octanol–water partition coefficient (Wildman–Crippen LogP) is 1.46. The molecule has 0 bridgehead atoms. The minimum Gasteiger partial charge on any atom is -0.257 e. The van der Waals surface area contributed by atoms with Crippen LogP contribution in [-0.2, 0) is 0 Å². The molecule has 41 valence electrons. The van der Waals surface area contributed by atoms with E-state index in [4.69, 9.17) is 5.73 Å². The van der Waals surface area contributed by atoms with Crippen LogP contribution >= 0.6 is 0 Å². The van der Waals surface area contributed by atoms with E-state index in [1.165, 1.54) is 19.3 Å². The highest BCUT2D eigenvalue weighted by Crippen LogP contribution is 2.38. The highest BCUT2D eigenvalue weighted by molar-refractivity contribution is 4.83. The first-order chi connectivity index (χ1) is 3.27. The zero-order chi connectivity index (χ0) is 5.33. The summed E-state index contributed by atoms with van der Waals surface area (Å²) >= 11 is 0. The Bertz CT molecular complexity index is 59.1. The van der Waals surface area contributed by atoms with Crippen molar-refractivity contribution in [1.29, 1.82) is 0 Å². The van der Waals surface area contributed by atoms with Crippen LogP contribution in [0, 0.1) is 5.41 Å². The van der Waals surface area contributed by atoms with Gasteiger partial charge in [-0.1, -0.05) is 13.3 Å². The molecule has 7 heavy (non-hydrogen) atoms. The van der Waals surface area contributed by atoms with Crippen molar-refractivity contribution >= 4 is 0 Å². The Hall–Kier alpha value is -0.0400. The summed E-state index contributed by atoms with van der Waals surface area (Å²) < 4.78 is 0. The molecule has 0 aromatic rings. The van der Waals surface area contributed by atoms with Crippen LogP contribution in [0.1, 0.15) is 26.2 Å². The van der Waals surface area contributed by atoms with E-state index < -0.39 is 0 Å².